The Labute approximate surface area is 197 Å². The molecule has 0 aliphatic rings. The molecule has 2 aromatic carbocycles. The van der Waals surface area contributed by atoms with E-state index >= 15 is 0 Å². The van der Waals surface area contributed by atoms with Crippen LogP contribution in [0.3, 0.4) is 0 Å². The van der Waals surface area contributed by atoms with Gasteiger partial charge in [-0.3, -0.25) is 4.79 Å². The number of carbonyl (C=O) groups is 1. The Morgan fingerprint density at radius 2 is 1.94 bits per heavy atom. The Balaban J connectivity index is 1.67. The Bertz CT molecular complexity index is 1060. The van der Waals surface area contributed by atoms with Gasteiger partial charge in [0.05, 0.1) is 10.8 Å². The molecule has 0 saturated heterocycles. The lowest BCUT2D eigenvalue weighted by molar-refractivity contribution is -0.113. The number of nitrogens with zero attached hydrogens (tertiary/aromatic N) is 3. The molecule has 1 amide bonds. The Hall–Kier alpha value is -2.10. The number of ether oxygens (including phenoxy) is 1. The minimum absolute atomic E-state index is 0.0557. The maximum atomic E-state index is 13.1. The molecule has 0 spiro atoms. The quantitative estimate of drug-likeness (QED) is 0.349. The summed E-state index contributed by atoms with van der Waals surface area (Å²) in [5.41, 5.74) is 0.617. The molecule has 1 unspecified atom stereocenters. The van der Waals surface area contributed by atoms with Crippen LogP contribution < -0.4 is 10.1 Å². The zero-order chi connectivity index (χ0) is 22.5. The lowest BCUT2D eigenvalue weighted by atomic mass is 10.3. The van der Waals surface area contributed by atoms with Crippen molar-refractivity contribution in [2.24, 2.45) is 0 Å². The van der Waals surface area contributed by atoms with Gasteiger partial charge in [-0.15, -0.1) is 10.2 Å². The van der Waals surface area contributed by atoms with Crippen LogP contribution in [-0.2, 0) is 4.79 Å². The van der Waals surface area contributed by atoms with Crippen LogP contribution >= 0.6 is 39.3 Å². The summed E-state index contributed by atoms with van der Waals surface area (Å²) in [7, 11) is 0. The van der Waals surface area contributed by atoms with Crippen LogP contribution in [0.2, 0.25) is 5.02 Å². The first-order chi connectivity index (χ1) is 14.7. The lowest BCUT2D eigenvalue weighted by Gasteiger charge is -2.18. The predicted molar refractivity (Wildman–Crippen MR) is 124 cm³/mol. The SMILES string of the molecule is CC(Oc1ccc(F)cc1)c1nnc(SCC(=O)Nc2ccc(Br)c(Cl)c2)n1C(C)C. The minimum atomic E-state index is -0.409. The van der Waals surface area contributed by atoms with E-state index in [0.717, 1.165) is 4.47 Å². The van der Waals surface area contributed by atoms with Gasteiger partial charge in [0.25, 0.3) is 0 Å². The molecule has 0 bridgehead atoms. The van der Waals surface area contributed by atoms with Crippen molar-refractivity contribution < 1.29 is 13.9 Å². The number of anilines is 1. The molecular weight excluding hydrogens is 507 g/mol. The van der Waals surface area contributed by atoms with E-state index in [1.165, 1.54) is 23.9 Å². The second-order valence-electron chi connectivity index (χ2n) is 6.98. The Morgan fingerprint density at radius 3 is 2.58 bits per heavy atom. The second kappa shape index (κ2) is 10.5. The summed E-state index contributed by atoms with van der Waals surface area (Å²) in [6.07, 6.45) is -0.409. The van der Waals surface area contributed by atoms with Gasteiger partial charge < -0.3 is 14.6 Å². The van der Waals surface area contributed by atoms with Crippen LogP contribution in [0.15, 0.2) is 52.1 Å². The van der Waals surface area contributed by atoms with Crippen molar-refractivity contribution in [1.29, 1.82) is 0 Å². The number of amides is 1. The second-order valence-corrected chi connectivity index (χ2v) is 9.19. The van der Waals surface area contributed by atoms with Crippen molar-refractivity contribution in [3.63, 3.8) is 0 Å². The molecule has 0 aliphatic heterocycles. The number of rotatable bonds is 8. The third-order valence-electron chi connectivity index (χ3n) is 4.23. The van der Waals surface area contributed by atoms with Gasteiger partial charge in [0.2, 0.25) is 5.91 Å². The van der Waals surface area contributed by atoms with E-state index in [2.05, 4.69) is 31.4 Å². The first-order valence-electron chi connectivity index (χ1n) is 9.49. The van der Waals surface area contributed by atoms with Gasteiger partial charge in [0.1, 0.15) is 11.6 Å². The first kappa shape index (κ1) is 23.6. The zero-order valence-corrected chi connectivity index (χ0v) is 20.3. The molecule has 6 nitrogen and oxygen atoms in total. The normalized spacial score (nSPS) is 12.1. The van der Waals surface area contributed by atoms with Crippen molar-refractivity contribution >= 4 is 50.9 Å². The van der Waals surface area contributed by atoms with E-state index in [4.69, 9.17) is 16.3 Å². The molecule has 0 radical (unpaired) electrons. The maximum Gasteiger partial charge on any atom is 0.234 e. The number of nitrogens with one attached hydrogen (secondary N) is 1. The van der Waals surface area contributed by atoms with Crippen molar-refractivity contribution in [2.75, 3.05) is 11.1 Å². The van der Waals surface area contributed by atoms with Crippen molar-refractivity contribution in [3.05, 3.63) is 63.6 Å². The number of carbonyl (C=O) groups excluding carboxylic acids is 1. The smallest absolute Gasteiger partial charge is 0.234 e. The van der Waals surface area contributed by atoms with Crippen molar-refractivity contribution in [2.45, 2.75) is 38.1 Å². The zero-order valence-electron chi connectivity index (χ0n) is 17.1. The predicted octanol–water partition coefficient (Wildman–Crippen LogP) is 6.28. The maximum absolute atomic E-state index is 13.1. The van der Waals surface area contributed by atoms with E-state index in [-0.39, 0.29) is 23.5 Å². The van der Waals surface area contributed by atoms with Gasteiger partial charge in [0.15, 0.2) is 17.1 Å². The minimum Gasteiger partial charge on any atom is -0.483 e. The van der Waals surface area contributed by atoms with Crippen molar-refractivity contribution in [3.8, 4) is 5.75 Å². The van der Waals surface area contributed by atoms with E-state index in [1.54, 1.807) is 30.3 Å². The highest BCUT2D eigenvalue weighted by atomic mass is 79.9. The van der Waals surface area contributed by atoms with Gasteiger partial charge >= 0.3 is 0 Å². The summed E-state index contributed by atoms with van der Waals surface area (Å²) in [5, 5.41) is 12.5. The molecule has 0 fully saturated rings. The van der Waals surface area contributed by atoms with Gasteiger partial charge in [-0.25, -0.2) is 4.39 Å². The molecule has 1 heterocycles. The lowest BCUT2D eigenvalue weighted by Crippen LogP contribution is -2.16. The summed E-state index contributed by atoms with van der Waals surface area (Å²) in [5.74, 6) is 0.814. The molecule has 3 rings (SSSR count). The van der Waals surface area contributed by atoms with E-state index in [0.29, 0.717) is 27.4 Å². The van der Waals surface area contributed by atoms with Crippen molar-refractivity contribution in [1.82, 2.24) is 14.8 Å². The number of benzene rings is 2. The molecule has 1 N–H and O–H groups in total. The molecule has 0 saturated carbocycles. The molecule has 10 heteroatoms. The van der Waals surface area contributed by atoms with Crippen LogP contribution in [-0.4, -0.2) is 26.4 Å². The Kier molecular flexibility index (Phi) is 7.96. The molecule has 1 atom stereocenters. The Morgan fingerprint density at radius 1 is 1.23 bits per heavy atom. The molecular formula is C21H21BrClFN4O2S. The summed E-state index contributed by atoms with van der Waals surface area (Å²) in [4.78, 5) is 12.4. The van der Waals surface area contributed by atoms with E-state index < -0.39 is 6.10 Å². The molecule has 164 valence electrons. The standard InChI is InChI=1S/C21H21BrClFN4O2S/c1-12(2)28-20(13(3)30-16-7-4-14(24)5-8-16)26-27-21(28)31-11-19(29)25-15-6-9-17(22)18(23)10-15/h4-10,12-13H,11H2,1-3H3,(H,25,29). The third kappa shape index (κ3) is 6.21. The highest BCUT2D eigenvalue weighted by Crippen LogP contribution is 2.28. The van der Waals surface area contributed by atoms with Gasteiger partial charge in [-0.2, -0.15) is 0 Å². The fourth-order valence-corrected chi connectivity index (χ4v) is 4.12. The molecule has 1 aromatic heterocycles. The van der Waals surface area contributed by atoms with Crippen LogP contribution in [0.1, 0.15) is 38.7 Å². The summed E-state index contributed by atoms with van der Waals surface area (Å²) < 4.78 is 21.7. The summed E-state index contributed by atoms with van der Waals surface area (Å²) in [6.45, 7) is 5.86. The van der Waals surface area contributed by atoms with Gasteiger partial charge in [0, 0.05) is 16.2 Å². The van der Waals surface area contributed by atoms with E-state index in [1.807, 2.05) is 25.3 Å². The average molecular weight is 528 g/mol. The summed E-state index contributed by atoms with van der Waals surface area (Å²) in [6, 6.07) is 11.1. The van der Waals surface area contributed by atoms with Crippen LogP contribution in [0.5, 0.6) is 5.75 Å². The summed E-state index contributed by atoms with van der Waals surface area (Å²) >= 11 is 10.7. The largest absolute Gasteiger partial charge is 0.483 e. The average Bonchev–Trinajstić information content (AvgIpc) is 3.15. The number of thioether (sulfide) groups is 1. The van der Waals surface area contributed by atoms with Gasteiger partial charge in [-0.05, 0) is 79.2 Å². The fourth-order valence-electron chi connectivity index (χ4n) is 2.82. The monoisotopic (exact) mass is 526 g/mol. The van der Waals surface area contributed by atoms with Crippen LogP contribution in [0, 0.1) is 5.82 Å². The highest BCUT2D eigenvalue weighted by molar-refractivity contribution is 9.10. The van der Waals surface area contributed by atoms with Crippen LogP contribution in [0.25, 0.3) is 0 Å². The number of aromatic nitrogens is 3. The third-order valence-corrected chi connectivity index (χ3v) is 6.41. The number of halogens is 3. The highest BCUT2D eigenvalue weighted by Gasteiger charge is 2.22. The van der Waals surface area contributed by atoms with E-state index in [9.17, 15) is 9.18 Å². The topological polar surface area (TPSA) is 69.0 Å². The number of hydrogen-bond acceptors (Lipinski definition) is 5. The molecule has 3 aromatic rings. The van der Waals surface area contributed by atoms with Crippen LogP contribution in [0.4, 0.5) is 10.1 Å². The molecule has 0 aliphatic carbocycles. The number of hydrogen-bond donors (Lipinski definition) is 1. The van der Waals surface area contributed by atoms with Gasteiger partial charge in [-0.1, -0.05) is 23.4 Å². The first-order valence-corrected chi connectivity index (χ1v) is 11.6. The fraction of sp³-hybridized carbons (Fsp3) is 0.286. The molecule has 31 heavy (non-hydrogen) atoms.